The quantitative estimate of drug-likeness (QED) is 0.839. The van der Waals surface area contributed by atoms with E-state index in [0.717, 1.165) is 12.1 Å². The van der Waals surface area contributed by atoms with Crippen LogP contribution in [0.4, 0.5) is 0 Å². The molecule has 0 atom stereocenters. The molecule has 1 rings (SSSR count). The molecule has 78 valence electrons. The van der Waals surface area contributed by atoms with Crippen molar-refractivity contribution in [2.75, 3.05) is 14.1 Å². The number of halogens is 2. The van der Waals surface area contributed by atoms with E-state index in [2.05, 4.69) is 37.3 Å². The lowest BCUT2D eigenvalue weighted by Gasteiger charge is -2.12. The van der Waals surface area contributed by atoms with Crippen LogP contribution in [0.2, 0.25) is 0 Å². The van der Waals surface area contributed by atoms with E-state index in [0.29, 0.717) is 8.95 Å². The van der Waals surface area contributed by atoms with E-state index >= 15 is 0 Å². The highest BCUT2D eigenvalue weighted by atomic mass is 79.9. The minimum absolute atomic E-state index is 0.235. The number of benzene rings is 1. The van der Waals surface area contributed by atoms with Crippen LogP contribution in [-0.2, 0) is 6.54 Å². The van der Waals surface area contributed by atoms with Gasteiger partial charge in [-0.2, -0.15) is 0 Å². The minimum Gasteiger partial charge on any atom is -0.506 e. The van der Waals surface area contributed by atoms with Crippen LogP contribution < -0.4 is 5.43 Å². The smallest absolute Gasteiger partial charge is 0.143 e. The summed E-state index contributed by atoms with van der Waals surface area (Å²) in [6.45, 7) is 0.727. The fourth-order valence-corrected chi connectivity index (χ4v) is 2.25. The summed E-state index contributed by atoms with van der Waals surface area (Å²) in [6, 6.07) is 3.77. The molecule has 0 aromatic heterocycles. The number of phenolic OH excluding ortho intramolecular Hbond substituents is 1. The predicted molar refractivity (Wildman–Crippen MR) is 64.0 cm³/mol. The second-order valence-electron chi connectivity index (χ2n) is 3.14. The van der Waals surface area contributed by atoms with Gasteiger partial charge < -0.3 is 5.11 Å². The number of aromatic hydroxyl groups is 1. The van der Waals surface area contributed by atoms with Crippen molar-refractivity contribution in [3.63, 3.8) is 0 Å². The number of hydrogen-bond acceptors (Lipinski definition) is 3. The van der Waals surface area contributed by atoms with E-state index in [-0.39, 0.29) is 5.75 Å². The third-order valence-corrected chi connectivity index (χ3v) is 2.89. The summed E-state index contributed by atoms with van der Waals surface area (Å²) < 4.78 is 1.39. The molecule has 0 amide bonds. The van der Waals surface area contributed by atoms with E-state index in [9.17, 15) is 5.11 Å². The largest absolute Gasteiger partial charge is 0.506 e. The van der Waals surface area contributed by atoms with Crippen LogP contribution in [0.1, 0.15) is 5.56 Å². The normalized spacial score (nSPS) is 10.9. The Labute approximate surface area is 100 Å². The monoisotopic (exact) mass is 322 g/mol. The fourth-order valence-electron chi connectivity index (χ4n) is 0.969. The molecule has 0 saturated heterocycles. The van der Waals surface area contributed by atoms with Crippen molar-refractivity contribution in [3.8, 4) is 5.75 Å². The van der Waals surface area contributed by atoms with Crippen LogP contribution in [0.5, 0.6) is 5.75 Å². The highest BCUT2D eigenvalue weighted by Gasteiger charge is 2.05. The van der Waals surface area contributed by atoms with Gasteiger partial charge in [0.1, 0.15) is 5.75 Å². The molecule has 1 aromatic rings. The minimum atomic E-state index is 0.235. The number of hydrogen-bond donors (Lipinski definition) is 2. The van der Waals surface area contributed by atoms with Gasteiger partial charge in [-0.15, -0.1) is 0 Å². The van der Waals surface area contributed by atoms with E-state index in [1.54, 1.807) is 0 Å². The van der Waals surface area contributed by atoms with Gasteiger partial charge in [-0.1, -0.05) is 0 Å². The first-order valence-corrected chi connectivity index (χ1v) is 5.67. The Morgan fingerprint density at radius 3 is 2.21 bits per heavy atom. The summed E-state index contributed by atoms with van der Waals surface area (Å²) in [4.78, 5) is 0. The molecule has 0 aliphatic heterocycles. The molecule has 0 spiro atoms. The van der Waals surface area contributed by atoms with Crippen molar-refractivity contribution in [1.82, 2.24) is 10.4 Å². The third-order valence-electron chi connectivity index (χ3n) is 1.68. The Bertz CT molecular complexity index is 306. The van der Waals surface area contributed by atoms with Crippen molar-refractivity contribution in [2.24, 2.45) is 0 Å². The SMILES string of the molecule is CN(C)NCc1cc(Br)c(O)c(Br)c1. The van der Waals surface area contributed by atoms with Gasteiger partial charge in [0.15, 0.2) is 0 Å². The van der Waals surface area contributed by atoms with Gasteiger partial charge >= 0.3 is 0 Å². The summed E-state index contributed by atoms with van der Waals surface area (Å²) >= 11 is 6.57. The molecule has 0 fully saturated rings. The van der Waals surface area contributed by atoms with Crippen LogP contribution in [0.25, 0.3) is 0 Å². The average Bonchev–Trinajstić information content (AvgIpc) is 2.10. The fraction of sp³-hybridized carbons (Fsp3) is 0.333. The lowest BCUT2D eigenvalue weighted by atomic mass is 10.2. The van der Waals surface area contributed by atoms with Crippen LogP contribution in [-0.4, -0.2) is 24.2 Å². The molecule has 1 aromatic carbocycles. The summed E-state index contributed by atoms with van der Waals surface area (Å²) in [5.74, 6) is 0.235. The molecule has 0 aliphatic rings. The molecule has 5 heteroatoms. The summed E-state index contributed by atoms with van der Waals surface area (Å²) in [5.41, 5.74) is 4.24. The number of nitrogens with zero attached hydrogens (tertiary/aromatic N) is 1. The maximum Gasteiger partial charge on any atom is 0.143 e. The molecule has 0 radical (unpaired) electrons. The van der Waals surface area contributed by atoms with Gasteiger partial charge in [-0.25, -0.2) is 0 Å². The first kappa shape index (κ1) is 12.0. The van der Waals surface area contributed by atoms with E-state index in [1.807, 2.05) is 31.2 Å². The number of phenols is 1. The third kappa shape index (κ3) is 3.24. The molecule has 0 saturated carbocycles. The predicted octanol–water partition coefficient (Wildman–Crippen LogP) is 2.48. The highest BCUT2D eigenvalue weighted by Crippen LogP contribution is 2.33. The molecule has 0 aliphatic carbocycles. The van der Waals surface area contributed by atoms with Gasteiger partial charge in [0.05, 0.1) is 8.95 Å². The molecule has 0 bridgehead atoms. The zero-order valence-electron chi connectivity index (χ0n) is 8.01. The van der Waals surface area contributed by atoms with Crippen molar-refractivity contribution >= 4 is 31.9 Å². The molecule has 0 unspecified atom stereocenters. The van der Waals surface area contributed by atoms with Crippen LogP contribution in [0.3, 0.4) is 0 Å². The Morgan fingerprint density at radius 2 is 1.79 bits per heavy atom. The topological polar surface area (TPSA) is 35.5 Å². The van der Waals surface area contributed by atoms with Gasteiger partial charge in [-0.05, 0) is 49.6 Å². The maximum atomic E-state index is 9.48. The molecule has 2 N–H and O–H groups in total. The highest BCUT2D eigenvalue weighted by molar-refractivity contribution is 9.11. The lowest BCUT2D eigenvalue weighted by Crippen LogP contribution is -2.29. The number of nitrogens with one attached hydrogen (secondary N) is 1. The Morgan fingerprint density at radius 1 is 1.29 bits per heavy atom. The molecule has 14 heavy (non-hydrogen) atoms. The summed E-state index contributed by atoms with van der Waals surface area (Å²) in [7, 11) is 3.87. The summed E-state index contributed by atoms with van der Waals surface area (Å²) in [5, 5.41) is 11.4. The molecular weight excluding hydrogens is 312 g/mol. The first-order valence-electron chi connectivity index (χ1n) is 4.08. The van der Waals surface area contributed by atoms with Gasteiger partial charge in [0, 0.05) is 20.6 Å². The first-order chi connectivity index (χ1) is 6.50. The van der Waals surface area contributed by atoms with Crippen molar-refractivity contribution in [3.05, 3.63) is 26.6 Å². The van der Waals surface area contributed by atoms with Crippen molar-refractivity contribution in [2.45, 2.75) is 6.54 Å². The molecular formula is C9H12Br2N2O. The Hall–Kier alpha value is -0.100. The summed E-state index contributed by atoms with van der Waals surface area (Å²) in [6.07, 6.45) is 0. The van der Waals surface area contributed by atoms with E-state index < -0.39 is 0 Å². The zero-order valence-corrected chi connectivity index (χ0v) is 11.2. The van der Waals surface area contributed by atoms with Gasteiger partial charge in [0.2, 0.25) is 0 Å². The maximum absolute atomic E-state index is 9.48. The van der Waals surface area contributed by atoms with Crippen LogP contribution in [0, 0.1) is 0 Å². The van der Waals surface area contributed by atoms with Crippen molar-refractivity contribution in [1.29, 1.82) is 0 Å². The number of rotatable bonds is 3. The average molecular weight is 324 g/mol. The van der Waals surface area contributed by atoms with Crippen molar-refractivity contribution < 1.29 is 5.11 Å². The Balaban J connectivity index is 2.79. The van der Waals surface area contributed by atoms with Crippen LogP contribution >= 0.6 is 31.9 Å². The van der Waals surface area contributed by atoms with Gasteiger partial charge in [-0.3, -0.25) is 10.4 Å². The molecule has 3 nitrogen and oxygen atoms in total. The molecule has 0 heterocycles. The van der Waals surface area contributed by atoms with E-state index in [4.69, 9.17) is 0 Å². The zero-order chi connectivity index (χ0) is 10.7. The Kier molecular flexibility index (Phi) is 4.37. The second kappa shape index (κ2) is 5.11. The lowest BCUT2D eigenvalue weighted by molar-refractivity contribution is 0.286. The van der Waals surface area contributed by atoms with E-state index in [1.165, 1.54) is 0 Å². The van der Waals surface area contributed by atoms with Crippen LogP contribution in [0.15, 0.2) is 21.1 Å². The second-order valence-corrected chi connectivity index (χ2v) is 4.85. The van der Waals surface area contributed by atoms with Gasteiger partial charge in [0.25, 0.3) is 0 Å². The standard InChI is InChI=1S/C9H12Br2N2O/c1-13(2)12-5-6-3-7(10)9(14)8(11)4-6/h3-4,12,14H,5H2,1-2H3. The number of hydrazine groups is 1.